The lowest BCUT2D eigenvalue weighted by Crippen LogP contribution is -2.31. The summed E-state index contributed by atoms with van der Waals surface area (Å²) in [6.45, 7) is 2.90. The van der Waals surface area contributed by atoms with Crippen molar-refractivity contribution in [2.45, 2.75) is 6.54 Å². The van der Waals surface area contributed by atoms with Gasteiger partial charge in [-0.3, -0.25) is 9.69 Å². The van der Waals surface area contributed by atoms with Gasteiger partial charge in [-0.15, -0.1) is 0 Å². The van der Waals surface area contributed by atoms with Gasteiger partial charge in [0, 0.05) is 42.3 Å². The van der Waals surface area contributed by atoms with Crippen LogP contribution in [-0.4, -0.2) is 35.3 Å². The van der Waals surface area contributed by atoms with Crippen molar-refractivity contribution in [1.29, 1.82) is 0 Å². The molecule has 0 atom stereocenters. The molecule has 23 heavy (non-hydrogen) atoms. The smallest absolute Gasteiger partial charge is 0.193 e. The Bertz CT molecular complexity index is 714. The van der Waals surface area contributed by atoms with Crippen LogP contribution in [-0.2, 0) is 6.54 Å². The highest BCUT2D eigenvalue weighted by molar-refractivity contribution is 7.99. The molecule has 1 heterocycles. The average molecular weight is 333 g/mol. The van der Waals surface area contributed by atoms with Crippen LogP contribution < -0.4 is 0 Å². The molecule has 2 aromatic rings. The van der Waals surface area contributed by atoms with Crippen molar-refractivity contribution < 1.29 is 13.6 Å². The summed E-state index contributed by atoms with van der Waals surface area (Å²) in [4.78, 5) is 14.8. The molecular weight excluding hydrogens is 316 g/mol. The Morgan fingerprint density at radius 3 is 2.48 bits per heavy atom. The summed E-state index contributed by atoms with van der Waals surface area (Å²) >= 11 is 1.96. The van der Waals surface area contributed by atoms with E-state index in [0.29, 0.717) is 5.56 Å². The van der Waals surface area contributed by atoms with Crippen LogP contribution in [0.5, 0.6) is 0 Å². The van der Waals surface area contributed by atoms with Crippen LogP contribution in [0.2, 0.25) is 0 Å². The second kappa shape index (κ2) is 7.23. The molecule has 120 valence electrons. The van der Waals surface area contributed by atoms with Gasteiger partial charge in [-0.05, 0) is 29.8 Å². The molecule has 0 amide bonds. The van der Waals surface area contributed by atoms with Gasteiger partial charge in [-0.2, -0.15) is 11.8 Å². The first-order valence-electron chi connectivity index (χ1n) is 7.52. The molecule has 0 N–H and O–H groups in total. The first-order chi connectivity index (χ1) is 11.1. The Morgan fingerprint density at radius 1 is 1.00 bits per heavy atom. The number of carbonyl (C=O) groups excluding carboxylic acids is 1. The Hall–Kier alpha value is -1.72. The van der Waals surface area contributed by atoms with Gasteiger partial charge < -0.3 is 0 Å². The van der Waals surface area contributed by atoms with Crippen molar-refractivity contribution in [1.82, 2.24) is 4.90 Å². The second-order valence-corrected chi connectivity index (χ2v) is 6.77. The van der Waals surface area contributed by atoms with E-state index < -0.39 is 11.6 Å². The van der Waals surface area contributed by atoms with Crippen LogP contribution in [0.25, 0.3) is 0 Å². The van der Waals surface area contributed by atoms with Gasteiger partial charge in [-0.25, -0.2) is 8.78 Å². The summed E-state index contributed by atoms with van der Waals surface area (Å²) in [7, 11) is 0. The van der Waals surface area contributed by atoms with Gasteiger partial charge in [0.1, 0.15) is 0 Å². The zero-order valence-corrected chi connectivity index (χ0v) is 13.4. The van der Waals surface area contributed by atoms with Gasteiger partial charge in [0.15, 0.2) is 17.4 Å². The standard InChI is InChI=1S/C18H17F2NOS/c19-16-5-4-15(11-17(16)20)18(22)14-3-1-2-13(10-14)12-21-6-8-23-9-7-21/h1-5,10-11H,6-9,12H2. The van der Waals surface area contributed by atoms with Crippen LogP contribution in [0.15, 0.2) is 42.5 Å². The fourth-order valence-electron chi connectivity index (χ4n) is 2.63. The van der Waals surface area contributed by atoms with E-state index in [1.54, 1.807) is 6.07 Å². The lowest BCUT2D eigenvalue weighted by atomic mass is 10.0. The Kier molecular flexibility index (Phi) is 5.08. The fraction of sp³-hybridized carbons (Fsp3) is 0.278. The minimum absolute atomic E-state index is 0.162. The molecule has 2 nitrogen and oxygen atoms in total. The molecule has 0 spiro atoms. The van der Waals surface area contributed by atoms with Crippen LogP contribution in [0.4, 0.5) is 8.78 Å². The third-order valence-electron chi connectivity index (χ3n) is 3.88. The van der Waals surface area contributed by atoms with E-state index >= 15 is 0 Å². The molecule has 0 unspecified atom stereocenters. The third-order valence-corrected chi connectivity index (χ3v) is 4.82. The van der Waals surface area contributed by atoms with E-state index in [9.17, 15) is 13.6 Å². The minimum Gasteiger partial charge on any atom is -0.297 e. The minimum atomic E-state index is -1.00. The van der Waals surface area contributed by atoms with Crippen LogP contribution in [0, 0.1) is 11.6 Å². The number of hydrogen-bond donors (Lipinski definition) is 0. The molecule has 0 saturated carbocycles. The predicted molar refractivity (Wildman–Crippen MR) is 88.8 cm³/mol. The highest BCUT2D eigenvalue weighted by Crippen LogP contribution is 2.17. The summed E-state index contributed by atoms with van der Waals surface area (Å²) < 4.78 is 26.3. The molecule has 0 aliphatic carbocycles. The van der Waals surface area contributed by atoms with Gasteiger partial charge in [0.25, 0.3) is 0 Å². The van der Waals surface area contributed by atoms with E-state index in [-0.39, 0.29) is 11.3 Å². The highest BCUT2D eigenvalue weighted by atomic mass is 32.2. The van der Waals surface area contributed by atoms with Gasteiger partial charge >= 0.3 is 0 Å². The molecule has 0 bridgehead atoms. The average Bonchev–Trinajstić information content (AvgIpc) is 2.58. The molecule has 5 heteroatoms. The van der Waals surface area contributed by atoms with Crippen molar-refractivity contribution in [3.8, 4) is 0 Å². The van der Waals surface area contributed by atoms with E-state index in [1.165, 1.54) is 6.07 Å². The van der Waals surface area contributed by atoms with Crippen molar-refractivity contribution in [3.05, 3.63) is 70.8 Å². The largest absolute Gasteiger partial charge is 0.297 e. The molecule has 1 aliphatic rings. The zero-order chi connectivity index (χ0) is 16.2. The van der Waals surface area contributed by atoms with Crippen LogP contribution >= 0.6 is 11.8 Å². The maximum atomic E-state index is 13.3. The predicted octanol–water partition coefficient (Wildman–Crippen LogP) is 3.74. The fourth-order valence-corrected chi connectivity index (χ4v) is 3.61. The number of benzene rings is 2. The monoisotopic (exact) mass is 333 g/mol. The Balaban J connectivity index is 1.78. The lowest BCUT2D eigenvalue weighted by Gasteiger charge is -2.26. The summed E-state index contributed by atoms with van der Waals surface area (Å²) in [6.07, 6.45) is 0. The second-order valence-electron chi connectivity index (χ2n) is 5.55. The molecule has 2 aromatic carbocycles. The number of nitrogens with zero attached hydrogens (tertiary/aromatic N) is 1. The van der Waals surface area contributed by atoms with Crippen LogP contribution in [0.1, 0.15) is 21.5 Å². The molecular formula is C18H17F2NOS. The molecule has 0 aromatic heterocycles. The number of hydrogen-bond acceptors (Lipinski definition) is 3. The number of carbonyl (C=O) groups is 1. The summed E-state index contributed by atoms with van der Waals surface area (Å²) in [5.41, 5.74) is 1.72. The molecule has 0 radical (unpaired) electrons. The van der Waals surface area contributed by atoms with Gasteiger partial charge in [-0.1, -0.05) is 18.2 Å². The SMILES string of the molecule is O=C(c1cccc(CN2CCSCC2)c1)c1ccc(F)c(F)c1. The Labute approximate surface area is 138 Å². The van der Waals surface area contributed by atoms with E-state index in [2.05, 4.69) is 4.90 Å². The zero-order valence-electron chi connectivity index (χ0n) is 12.6. The first kappa shape index (κ1) is 16.1. The maximum absolute atomic E-state index is 13.3. The molecule has 1 aliphatic heterocycles. The number of halogens is 2. The number of ketones is 1. The summed E-state index contributed by atoms with van der Waals surface area (Å²) in [6, 6.07) is 10.6. The van der Waals surface area contributed by atoms with E-state index in [4.69, 9.17) is 0 Å². The van der Waals surface area contributed by atoms with E-state index in [1.807, 2.05) is 30.0 Å². The van der Waals surface area contributed by atoms with Gasteiger partial charge in [0.2, 0.25) is 0 Å². The van der Waals surface area contributed by atoms with Gasteiger partial charge in [0.05, 0.1) is 0 Å². The number of thioether (sulfide) groups is 1. The topological polar surface area (TPSA) is 20.3 Å². The third kappa shape index (κ3) is 3.98. The quantitative estimate of drug-likeness (QED) is 0.795. The van der Waals surface area contributed by atoms with Crippen LogP contribution in [0.3, 0.4) is 0 Å². The maximum Gasteiger partial charge on any atom is 0.193 e. The van der Waals surface area contributed by atoms with Crippen molar-refractivity contribution in [2.24, 2.45) is 0 Å². The van der Waals surface area contributed by atoms with Crippen molar-refractivity contribution in [2.75, 3.05) is 24.6 Å². The first-order valence-corrected chi connectivity index (χ1v) is 8.68. The number of rotatable bonds is 4. The van der Waals surface area contributed by atoms with E-state index in [0.717, 1.165) is 48.8 Å². The summed E-state index contributed by atoms with van der Waals surface area (Å²) in [5.74, 6) is 0.0251. The molecule has 3 rings (SSSR count). The van der Waals surface area contributed by atoms with Crippen molar-refractivity contribution >= 4 is 17.5 Å². The normalized spacial score (nSPS) is 15.6. The van der Waals surface area contributed by atoms with Crippen molar-refractivity contribution in [3.63, 3.8) is 0 Å². The Morgan fingerprint density at radius 2 is 1.74 bits per heavy atom. The lowest BCUT2D eigenvalue weighted by molar-refractivity contribution is 0.103. The molecule has 1 saturated heterocycles. The highest BCUT2D eigenvalue weighted by Gasteiger charge is 2.14. The molecule has 1 fully saturated rings. The summed E-state index contributed by atoms with van der Waals surface area (Å²) in [5, 5.41) is 0.